The van der Waals surface area contributed by atoms with Crippen molar-refractivity contribution >= 4 is 5.82 Å². The summed E-state index contributed by atoms with van der Waals surface area (Å²) < 4.78 is 5.17. The van der Waals surface area contributed by atoms with Gasteiger partial charge in [0.25, 0.3) is 0 Å². The van der Waals surface area contributed by atoms with Crippen LogP contribution >= 0.6 is 0 Å². The summed E-state index contributed by atoms with van der Waals surface area (Å²) >= 11 is 0. The highest BCUT2D eigenvalue weighted by Crippen LogP contribution is 2.18. The van der Waals surface area contributed by atoms with Crippen molar-refractivity contribution in [2.45, 2.75) is 25.9 Å². The Bertz CT molecular complexity index is 375. The highest BCUT2D eigenvalue weighted by molar-refractivity contribution is 5.33. The summed E-state index contributed by atoms with van der Waals surface area (Å²) in [7, 11) is 0. The summed E-state index contributed by atoms with van der Waals surface area (Å²) in [6.45, 7) is 5.30. The minimum Gasteiger partial charge on any atom is -0.386 e. The summed E-state index contributed by atoms with van der Waals surface area (Å²) in [5.41, 5.74) is 1.06. The minimum absolute atomic E-state index is 0.387. The molecule has 2 heterocycles. The van der Waals surface area contributed by atoms with E-state index < -0.39 is 5.60 Å². The molecule has 0 spiro atoms. The average Bonchev–Trinajstić information content (AvgIpc) is 2.68. The molecule has 1 aliphatic rings. The monoisotopic (exact) mass is 223 g/mol. The number of rotatable bonds is 3. The van der Waals surface area contributed by atoms with Gasteiger partial charge < -0.3 is 15.2 Å². The van der Waals surface area contributed by atoms with Crippen molar-refractivity contribution in [3.8, 4) is 0 Å². The van der Waals surface area contributed by atoms with Crippen LogP contribution in [0.2, 0.25) is 0 Å². The third-order valence-corrected chi connectivity index (χ3v) is 2.87. The fraction of sp³-hybridized carbons (Fsp3) is 0.636. The van der Waals surface area contributed by atoms with E-state index in [4.69, 9.17) is 4.74 Å². The number of aliphatic hydroxyl groups is 1. The van der Waals surface area contributed by atoms with Gasteiger partial charge in [0.05, 0.1) is 24.2 Å². The number of anilines is 1. The first-order valence-electron chi connectivity index (χ1n) is 5.43. The van der Waals surface area contributed by atoms with Crippen LogP contribution in [0.25, 0.3) is 0 Å². The van der Waals surface area contributed by atoms with Gasteiger partial charge in [0.2, 0.25) is 0 Å². The number of nitrogens with one attached hydrogen (secondary N) is 1. The van der Waals surface area contributed by atoms with Gasteiger partial charge in [0, 0.05) is 19.6 Å². The van der Waals surface area contributed by atoms with Gasteiger partial charge in [0.15, 0.2) is 0 Å². The van der Waals surface area contributed by atoms with Gasteiger partial charge in [-0.05, 0) is 13.8 Å². The fourth-order valence-corrected chi connectivity index (χ4v) is 1.62. The van der Waals surface area contributed by atoms with Crippen LogP contribution in [-0.2, 0) is 4.74 Å². The average molecular weight is 223 g/mol. The maximum absolute atomic E-state index is 10.0. The molecule has 16 heavy (non-hydrogen) atoms. The summed E-state index contributed by atoms with van der Waals surface area (Å²) in [6.07, 6.45) is 2.35. The molecule has 2 N–H and O–H groups in total. The van der Waals surface area contributed by atoms with Crippen LogP contribution in [0.5, 0.6) is 0 Å². The van der Waals surface area contributed by atoms with Crippen LogP contribution in [0.4, 0.5) is 5.82 Å². The van der Waals surface area contributed by atoms with E-state index in [-0.39, 0.29) is 0 Å². The van der Waals surface area contributed by atoms with Crippen molar-refractivity contribution in [3.63, 3.8) is 0 Å². The van der Waals surface area contributed by atoms with E-state index in [2.05, 4.69) is 15.3 Å². The van der Waals surface area contributed by atoms with Gasteiger partial charge >= 0.3 is 0 Å². The molecule has 5 heteroatoms. The zero-order valence-corrected chi connectivity index (χ0v) is 9.66. The second-order valence-corrected chi connectivity index (χ2v) is 4.31. The van der Waals surface area contributed by atoms with Crippen LogP contribution in [-0.4, -0.2) is 40.4 Å². The molecule has 1 fully saturated rings. The van der Waals surface area contributed by atoms with Crippen molar-refractivity contribution in [1.29, 1.82) is 0 Å². The standard InChI is InChI=1S/C11H17N3O2/c1-8-9(2)14-10(5-12-8)13-6-11(15)3-4-16-7-11/h5,15H,3-4,6-7H2,1-2H3,(H,13,14). The Morgan fingerprint density at radius 3 is 2.94 bits per heavy atom. The molecule has 0 aliphatic carbocycles. The van der Waals surface area contributed by atoms with Crippen molar-refractivity contribution < 1.29 is 9.84 Å². The van der Waals surface area contributed by atoms with Crippen LogP contribution in [0.3, 0.4) is 0 Å². The van der Waals surface area contributed by atoms with Crippen molar-refractivity contribution in [3.05, 3.63) is 17.6 Å². The Morgan fingerprint density at radius 1 is 1.50 bits per heavy atom. The molecule has 1 aromatic rings. The number of hydrogen-bond donors (Lipinski definition) is 2. The lowest BCUT2D eigenvalue weighted by Gasteiger charge is -2.20. The first-order chi connectivity index (χ1) is 7.59. The van der Waals surface area contributed by atoms with E-state index >= 15 is 0 Å². The van der Waals surface area contributed by atoms with Gasteiger partial charge in [0.1, 0.15) is 11.4 Å². The summed E-state index contributed by atoms with van der Waals surface area (Å²) in [5.74, 6) is 0.698. The molecular weight excluding hydrogens is 206 g/mol. The molecular formula is C11H17N3O2. The van der Waals surface area contributed by atoms with Crippen molar-refractivity contribution in [2.75, 3.05) is 25.1 Å². The molecule has 1 atom stereocenters. The van der Waals surface area contributed by atoms with Crippen LogP contribution < -0.4 is 5.32 Å². The zero-order chi connectivity index (χ0) is 11.6. The third kappa shape index (κ3) is 2.48. The summed E-state index contributed by atoms with van der Waals surface area (Å²) in [6, 6.07) is 0. The van der Waals surface area contributed by atoms with Crippen LogP contribution in [0.1, 0.15) is 17.8 Å². The molecule has 1 aliphatic heterocycles. The highest BCUT2D eigenvalue weighted by atomic mass is 16.5. The number of aromatic nitrogens is 2. The SMILES string of the molecule is Cc1ncc(NCC2(O)CCOC2)nc1C. The Balaban J connectivity index is 1.96. The first kappa shape index (κ1) is 11.3. The van der Waals surface area contributed by atoms with E-state index in [1.54, 1.807) is 6.20 Å². The maximum Gasteiger partial charge on any atom is 0.144 e. The molecule has 0 radical (unpaired) electrons. The van der Waals surface area contributed by atoms with Gasteiger partial charge in [-0.1, -0.05) is 0 Å². The molecule has 1 saturated heterocycles. The lowest BCUT2D eigenvalue weighted by Crippen LogP contribution is -2.37. The molecule has 1 aromatic heterocycles. The smallest absolute Gasteiger partial charge is 0.144 e. The Morgan fingerprint density at radius 2 is 2.31 bits per heavy atom. The number of hydrogen-bond acceptors (Lipinski definition) is 5. The van der Waals surface area contributed by atoms with E-state index in [0.717, 1.165) is 11.4 Å². The lowest BCUT2D eigenvalue weighted by atomic mass is 10.0. The van der Waals surface area contributed by atoms with Crippen LogP contribution in [0, 0.1) is 13.8 Å². The molecule has 0 aromatic carbocycles. The van der Waals surface area contributed by atoms with E-state index in [0.29, 0.717) is 32.0 Å². The Hall–Kier alpha value is -1.20. The fourth-order valence-electron chi connectivity index (χ4n) is 1.62. The number of aryl methyl sites for hydroxylation is 2. The maximum atomic E-state index is 10.0. The van der Waals surface area contributed by atoms with Gasteiger partial charge in [-0.15, -0.1) is 0 Å². The number of ether oxygens (including phenoxy) is 1. The summed E-state index contributed by atoms with van der Waals surface area (Å²) in [4.78, 5) is 8.55. The number of nitrogens with zero attached hydrogens (tertiary/aromatic N) is 2. The molecule has 2 rings (SSSR count). The topological polar surface area (TPSA) is 67.3 Å². The normalized spacial score (nSPS) is 24.7. The highest BCUT2D eigenvalue weighted by Gasteiger charge is 2.31. The first-order valence-corrected chi connectivity index (χ1v) is 5.43. The molecule has 88 valence electrons. The molecule has 5 nitrogen and oxygen atoms in total. The third-order valence-electron chi connectivity index (χ3n) is 2.87. The van der Waals surface area contributed by atoms with Gasteiger partial charge in [-0.3, -0.25) is 4.98 Å². The van der Waals surface area contributed by atoms with Crippen molar-refractivity contribution in [1.82, 2.24) is 9.97 Å². The Labute approximate surface area is 94.9 Å². The quantitative estimate of drug-likeness (QED) is 0.787. The lowest BCUT2D eigenvalue weighted by molar-refractivity contribution is 0.0381. The predicted octanol–water partition coefficient (Wildman–Crippen LogP) is 0.657. The Kier molecular flexibility index (Phi) is 3.07. The summed E-state index contributed by atoms with van der Waals surface area (Å²) in [5, 5.41) is 13.1. The molecule has 0 amide bonds. The van der Waals surface area contributed by atoms with E-state index in [1.807, 2.05) is 13.8 Å². The predicted molar refractivity (Wildman–Crippen MR) is 60.4 cm³/mol. The van der Waals surface area contributed by atoms with Crippen LogP contribution in [0.15, 0.2) is 6.20 Å². The van der Waals surface area contributed by atoms with Crippen molar-refractivity contribution in [2.24, 2.45) is 0 Å². The minimum atomic E-state index is -0.763. The second-order valence-electron chi connectivity index (χ2n) is 4.31. The van der Waals surface area contributed by atoms with E-state index in [9.17, 15) is 5.11 Å². The molecule has 1 unspecified atom stereocenters. The zero-order valence-electron chi connectivity index (χ0n) is 9.66. The second kappa shape index (κ2) is 4.35. The van der Waals surface area contributed by atoms with Gasteiger partial charge in [-0.25, -0.2) is 4.98 Å². The molecule has 0 saturated carbocycles. The largest absolute Gasteiger partial charge is 0.386 e. The van der Waals surface area contributed by atoms with Gasteiger partial charge in [-0.2, -0.15) is 0 Å². The molecule has 0 bridgehead atoms. The van der Waals surface area contributed by atoms with E-state index in [1.165, 1.54) is 0 Å².